The smallest absolute Gasteiger partial charge is 0.0153 e. The van der Waals surface area contributed by atoms with Gasteiger partial charge in [-0.25, -0.2) is 0 Å². The molecule has 1 rings (SSSR count). The third-order valence-electron chi connectivity index (χ3n) is 3.97. The van der Waals surface area contributed by atoms with E-state index in [9.17, 15) is 0 Å². The van der Waals surface area contributed by atoms with E-state index in [1.165, 1.54) is 44.1 Å². The van der Waals surface area contributed by atoms with Gasteiger partial charge in [0, 0.05) is 5.54 Å². The van der Waals surface area contributed by atoms with Gasteiger partial charge in [-0.15, -0.1) is 0 Å². The molecule has 19 heavy (non-hydrogen) atoms. The van der Waals surface area contributed by atoms with Crippen molar-refractivity contribution in [1.82, 2.24) is 5.32 Å². The predicted octanol–water partition coefficient (Wildman–Crippen LogP) is 4.96. The van der Waals surface area contributed by atoms with Crippen LogP contribution in [0.15, 0.2) is 30.3 Å². The van der Waals surface area contributed by atoms with Gasteiger partial charge in [0.05, 0.1) is 0 Å². The summed E-state index contributed by atoms with van der Waals surface area (Å²) in [5.74, 6) is 0. The molecule has 1 nitrogen and oxygen atoms in total. The maximum absolute atomic E-state index is 3.81. The van der Waals surface area contributed by atoms with Crippen LogP contribution in [-0.2, 0) is 6.42 Å². The highest BCUT2D eigenvalue weighted by Crippen LogP contribution is 2.21. The summed E-state index contributed by atoms with van der Waals surface area (Å²) in [5.41, 5.74) is 1.77. The third-order valence-corrected chi connectivity index (χ3v) is 3.97. The molecule has 1 N–H and O–H groups in total. The van der Waals surface area contributed by atoms with Crippen LogP contribution >= 0.6 is 0 Å². The van der Waals surface area contributed by atoms with Crippen LogP contribution in [0.25, 0.3) is 0 Å². The summed E-state index contributed by atoms with van der Waals surface area (Å²) in [6.45, 7) is 8.06. The lowest BCUT2D eigenvalue weighted by Crippen LogP contribution is -2.43. The van der Waals surface area contributed by atoms with Gasteiger partial charge in [0.2, 0.25) is 0 Å². The lowest BCUT2D eigenvalue weighted by atomic mass is 9.89. The Morgan fingerprint density at radius 2 is 1.53 bits per heavy atom. The van der Waals surface area contributed by atoms with E-state index in [4.69, 9.17) is 0 Å². The molecule has 0 amide bonds. The van der Waals surface area contributed by atoms with Crippen LogP contribution in [-0.4, -0.2) is 12.1 Å². The van der Waals surface area contributed by atoms with Gasteiger partial charge in [-0.2, -0.15) is 0 Å². The predicted molar refractivity (Wildman–Crippen MR) is 85.6 cm³/mol. The second-order valence-corrected chi connectivity index (χ2v) is 5.93. The first-order chi connectivity index (χ1) is 9.20. The number of rotatable bonds is 10. The van der Waals surface area contributed by atoms with Crippen molar-refractivity contribution < 1.29 is 0 Å². The van der Waals surface area contributed by atoms with Crippen molar-refractivity contribution in [1.29, 1.82) is 0 Å². The van der Waals surface area contributed by atoms with E-state index in [1.54, 1.807) is 0 Å². The quantitative estimate of drug-likeness (QED) is 0.628. The molecule has 0 saturated carbocycles. The highest BCUT2D eigenvalue weighted by Gasteiger charge is 2.21. The molecule has 0 spiro atoms. The Balaban J connectivity index is 2.39. The average molecular weight is 261 g/mol. The van der Waals surface area contributed by atoms with E-state index in [2.05, 4.69) is 56.4 Å². The topological polar surface area (TPSA) is 12.0 Å². The lowest BCUT2D eigenvalue weighted by molar-refractivity contribution is 0.294. The molecule has 0 saturated heterocycles. The van der Waals surface area contributed by atoms with Gasteiger partial charge in [0.15, 0.2) is 0 Å². The minimum absolute atomic E-state index is 0.334. The first-order valence-electron chi connectivity index (χ1n) is 7.99. The van der Waals surface area contributed by atoms with Crippen LogP contribution in [0.4, 0.5) is 0 Å². The average Bonchev–Trinajstić information content (AvgIpc) is 2.44. The molecule has 0 aliphatic heterocycles. The van der Waals surface area contributed by atoms with Crippen LogP contribution in [0.3, 0.4) is 0 Å². The minimum Gasteiger partial charge on any atom is -0.311 e. The van der Waals surface area contributed by atoms with E-state index < -0.39 is 0 Å². The summed E-state index contributed by atoms with van der Waals surface area (Å²) in [6, 6.07) is 10.8. The largest absolute Gasteiger partial charge is 0.311 e. The van der Waals surface area contributed by atoms with Crippen molar-refractivity contribution in [2.24, 2.45) is 0 Å². The molecule has 1 aromatic rings. The molecule has 1 heteroatoms. The molecule has 0 aliphatic carbocycles. The van der Waals surface area contributed by atoms with E-state index in [0.717, 1.165) is 13.0 Å². The Bertz CT molecular complexity index is 310. The fourth-order valence-electron chi connectivity index (χ4n) is 2.59. The monoisotopic (exact) mass is 261 g/mol. The fourth-order valence-corrected chi connectivity index (χ4v) is 2.59. The molecule has 0 radical (unpaired) electrons. The van der Waals surface area contributed by atoms with Gasteiger partial charge < -0.3 is 5.32 Å². The molecular formula is C18H31N. The highest BCUT2D eigenvalue weighted by atomic mass is 15.0. The van der Waals surface area contributed by atoms with Crippen LogP contribution in [0.1, 0.15) is 64.9 Å². The Morgan fingerprint density at radius 1 is 0.947 bits per heavy atom. The van der Waals surface area contributed by atoms with E-state index in [-0.39, 0.29) is 0 Å². The maximum atomic E-state index is 3.81. The zero-order chi connectivity index (χ0) is 14.0. The van der Waals surface area contributed by atoms with Crippen molar-refractivity contribution in [3.05, 3.63) is 35.9 Å². The molecule has 1 aromatic carbocycles. The number of benzene rings is 1. The zero-order valence-corrected chi connectivity index (χ0v) is 13.0. The van der Waals surface area contributed by atoms with Gasteiger partial charge in [0.25, 0.3) is 0 Å². The third kappa shape index (κ3) is 6.77. The summed E-state index contributed by atoms with van der Waals surface area (Å²) in [4.78, 5) is 0. The van der Waals surface area contributed by atoms with Crippen LogP contribution in [0.5, 0.6) is 0 Å². The Labute approximate surface area is 119 Å². The van der Waals surface area contributed by atoms with Gasteiger partial charge in [-0.1, -0.05) is 69.9 Å². The molecule has 0 atom stereocenters. The van der Waals surface area contributed by atoms with Crippen LogP contribution in [0, 0.1) is 0 Å². The van der Waals surface area contributed by atoms with Crippen molar-refractivity contribution in [2.45, 2.75) is 71.3 Å². The van der Waals surface area contributed by atoms with Crippen molar-refractivity contribution in [3.63, 3.8) is 0 Å². The minimum atomic E-state index is 0.334. The molecule has 0 fully saturated rings. The molecular weight excluding hydrogens is 230 g/mol. The number of unbranched alkanes of at least 4 members (excludes halogenated alkanes) is 2. The Hall–Kier alpha value is -0.820. The lowest BCUT2D eigenvalue weighted by Gasteiger charge is -2.31. The highest BCUT2D eigenvalue weighted by molar-refractivity contribution is 5.14. The molecule has 0 aliphatic rings. The van der Waals surface area contributed by atoms with Gasteiger partial charge in [-0.05, 0) is 38.3 Å². The molecule has 0 unspecified atom stereocenters. The number of hydrogen-bond acceptors (Lipinski definition) is 1. The number of hydrogen-bond donors (Lipinski definition) is 1. The second kappa shape index (κ2) is 9.14. The summed E-state index contributed by atoms with van der Waals surface area (Å²) in [5, 5.41) is 3.81. The normalized spacial score (nSPS) is 11.7. The summed E-state index contributed by atoms with van der Waals surface area (Å²) in [7, 11) is 0. The molecule has 0 bridgehead atoms. The van der Waals surface area contributed by atoms with Gasteiger partial charge in [0.1, 0.15) is 0 Å². The van der Waals surface area contributed by atoms with Crippen molar-refractivity contribution in [2.75, 3.05) is 6.54 Å². The van der Waals surface area contributed by atoms with Crippen LogP contribution in [0.2, 0.25) is 0 Å². The Kier molecular flexibility index (Phi) is 7.81. The second-order valence-electron chi connectivity index (χ2n) is 5.93. The van der Waals surface area contributed by atoms with Crippen molar-refractivity contribution in [3.8, 4) is 0 Å². The Morgan fingerprint density at radius 3 is 2.05 bits per heavy atom. The molecule has 0 aromatic heterocycles. The zero-order valence-electron chi connectivity index (χ0n) is 13.0. The van der Waals surface area contributed by atoms with E-state index >= 15 is 0 Å². The molecule has 0 heterocycles. The van der Waals surface area contributed by atoms with Gasteiger partial charge in [-0.3, -0.25) is 0 Å². The maximum Gasteiger partial charge on any atom is 0.0153 e. The SMILES string of the molecule is CCCCC(C)(CCCC)NCCc1ccccc1. The first-order valence-corrected chi connectivity index (χ1v) is 7.99. The van der Waals surface area contributed by atoms with E-state index in [1.807, 2.05) is 0 Å². The van der Waals surface area contributed by atoms with Crippen molar-refractivity contribution >= 4 is 0 Å². The van der Waals surface area contributed by atoms with E-state index in [0.29, 0.717) is 5.54 Å². The summed E-state index contributed by atoms with van der Waals surface area (Å²) >= 11 is 0. The summed E-state index contributed by atoms with van der Waals surface area (Å²) in [6.07, 6.45) is 8.99. The van der Waals surface area contributed by atoms with Gasteiger partial charge >= 0.3 is 0 Å². The first kappa shape index (κ1) is 16.2. The number of nitrogens with one attached hydrogen (secondary N) is 1. The van der Waals surface area contributed by atoms with Crippen LogP contribution < -0.4 is 5.32 Å². The molecule has 108 valence electrons. The standard InChI is InChI=1S/C18H31N/c1-4-6-14-18(3,15-7-5-2)19-16-13-17-11-9-8-10-12-17/h8-12,19H,4-7,13-16H2,1-3H3. The summed E-state index contributed by atoms with van der Waals surface area (Å²) < 4.78 is 0. The fraction of sp³-hybridized carbons (Fsp3) is 0.667.